The number of halogens is 1. The third-order valence-electron chi connectivity index (χ3n) is 2.95. The first-order valence-electron chi connectivity index (χ1n) is 6.19. The minimum Gasteiger partial charge on any atom is -0.467 e. The van der Waals surface area contributed by atoms with Crippen LogP contribution in [0.4, 0.5) is 5.69 Å². The monoisotopic (exact) mass is 269 g/mol. The Hall–Kier alpha value is -1.22. The summed E-state index contributed by atoms with van der Waals surface area (Å²) in [4.78, 5) is 11.8. The average molecular weight is 270 g/mol. The predicted octanol–water partition coefficient (Wildman–Crippen LogP) is 3.73. The predicted molar refractivity (Wildman–Crippen MR) is 75.0 cm³/mol. The summed E-state index contributed by atoms with van der Waals surface area (Å²) in [6, 6.07) is 7.03. The quantitative estimate of drug-likeness (QED) is 0.800. The van der Waals surface area contributed by atoms with E-state index in [0.717, 1.165) is 18.5 Å². The van der Waals surface area contributed by atoms with E-state index in [-0.39, 0.29) is 17.9 Å². The fraction of sp³-hybridized carbons (Fsp3) is 0.500. The number of esters is 1. The van der Waals surface area contributed by atoms with E-state index < -0.39 is 0 Å². The van der Waals surface area contributed by atoms with Crippen LogP contribution in [0.15, 0.2) is 24.3 Å². The molecule has 0 fully saturated rings. The smallest absolute Gasteiger partial charge is 0.328 e. The van der Waals surface area contributed by atoms with Crippen LogP contribution >= 0.6 is 11.6 Å². The van der Waals surface area contributed by atoms with E-state index in [1.807, 2.05) is 25.1 Å². The fourth-order valence-corrected chi connectivity index (χ4v) is 2.12. The van der Waals surface area contributed by atoms with Gasteiger partial charge < -0.3 is 10.1 Å². The van der Waals surface area contributed by atoms with Gasteiger partial charge in [-0.2, -0.15) is 0 Å². The molecule has 2 atom stereocenters. The van der Waals surface area contributed by atoms with Crippen LogP contribution in [0.2, 0.25) is 5.02 Å². The summed E-state index contributed by atoms with van der Waals surface area (Å²) in [7, 11) is 1.41. The summed E-state index contributed by atoms with van der Waals surface area (Å²) < 4.78 is 4.85. The maximum absolute atomic E-state index is 11.8. The molecule has 100 valence electrons. The Morgan fingerprint density at radius 3 is 2.67 bits per heavy atom. The Morgan fingerprint density at radius 2 is 2.11 bits per heavy atom. The number of para-hydroxylation sites is 1. The molecule has 0 saturated heterocycles. The van der Waals surface area contributed by atoms with E-state index in [9.17, 15) is 4.79 Å². The Kier molecular flexibility index (Phi) is 5.99. The highest BCUT2D eigenvalue weighted by molar-refractivity contribution is 6.33. The Bertz CT molecular complexity index is 395. The fourth-order valence-electron chi connectivity index (χ4n) is 1.93. The van der Waals surface area contributed by atoms with E-state index in [1.54, 1.807) is 6.07 Å². The zero-order valence-corrected chi connectivity index (χ0v) is 11.8. The highest BCUT2D eigenvalue weighted by atomic mass is 35.5. The summed E-state index contributed by atoms with van der Waals surface area (Å²) in [5.74, 6) is -0.0606. The third kappa shape index (κ3) is 3.91. The van der Waals surface area contributed by atoms with Crippen molar-refractivity contribution >= 4 is 23.3 Å². The highest BCUT2D eigenvalue weighted by Gasteiger charge is 2.25. The summed E-state index contributed by atoms with van der Waals surface area (Å²) in [6.07, 6.45) is 1.98. The zero-order chi connectivity index (χ0) is 13.5. The first-order valence-corrected chi connectivity index (χ1v) is 6.56. The molecule has 1 aromatic rings. The standard InChI is InChI=1S/C14H20ClNO2/c1-4-7-10(2)13(14(17)18-3)16-12-9-6-5-8-11(12)15/h5-6,8-10,13,16H,4,7H2,1-3H3. The van der Waals surface area contributed by atoms with Gasteiger partial charge in [0.2, 0.25) is 0 Å². The van der Waals surface area contributed by atoms with Crippen molar-refractivity contribution in [1.82, 2.24) is 0 Å². The molecule has 0 spiro atoms. The van der Waals surface area contributed by atoms with Gasteiger partial charge in [0.1, 0.15) is 6.04 Å². The van der Waals surface area contributed by atoms with E-state index >= 15 is 0 Å². The van der Waals surface area contributed by atoms with Gasteiger partial charge in [-0.1, -0.05) is 44.0 Å². The number of anilines is 1. The molecule has 0 heterocycles. The Morgan fingerprint density at radius 1 is 1.44 bits per heavy atom. The van der Waals surface area contributed by atoms with Crippen molar-refractivity contribution in [2.75, 3.05) is 12.4 Å². The minimum absolute atomic E-state index is 0.193. The number of benzene rings is 1. The zero-order valence-electron chi connectivity index (χ0n) is 11.1. The number of nitrogens with one attached hydrogen (secondary N) is 1. The number of methoxy groups -OCH3 is 1. The highest BCUT2D eigenvalue weighted by Crippen LogP contribution is 2.24. The van der Waals surface area contributed by atoms with Crippen molar-refractivity contribution in [1.29, 1.82) is 0 Å². The van der Waals surface area contributed by atoms with Crippen LogP contribution in [0, 0.1) is 5.92 Å². The van der Waals surface area contributed by atoms with Crippen LogP contribution in [0.1, 0.15) is 26.7 Å². The lowest BCUT2D eigenvalue weighted by Crippen LogP contribution is -2.36. The molecule has 0 aliphatic rings. The molecule has 0 saturated carbocycles. The molecule has 0 aliphatic heterocycles. The number of rotatable bonds is 6. The summed E-state index contributed by atoms with van der Waals surface area (Å²) in [5.41, 5.74) is 0.762. The SMILES string of the molecule is CCCC(C)C(Nc1ccccc1Cl)C(=O)OC. The number of carbonyl (C=O) groups excluding carboxylic acids is 1. The lowest BCUT2D eigenvalue weighted by atomic mass is 9.96. The van der Waals surface area contributed by atoms with Gasteiger partial charge in [0.05, 0.1) is 17.8 Å². The number of ether oxygens (including phenoxy) is 1. The van der Waals surface area contributed by atoms with Crippen LogP contribution in [0.3, 0.4) is 0 Å². The maximum atomic E-state index is 11.8. The lowest BCUT2D eigenvalue weighted by molar-refractivity contribution is -0.142. The van der Waals surface area contributed by atoms with E-state index in [4.69, 9.17) is 16.3 Å². The number of hydrogen-bond acceptors (Lipinski definition) is 3. The van der Waals surface area contributed by atoms with Crippen molar-refractivity contribution in [2.45, 2.75) is 32.7 Å². The molecule has 18 heavy (non-hydrogen) atoms. The molecule has 4 heteroatoms. The van der Waals surface area contributed by atoms with Crippen LogP contribution in [-0.2, 0) is 9.53 Å². The van der Waals surface area contributed by atoms with Gasteiger partial charge in [0.15, 0.2) is 0 Å². The molecule has 0 aliphatic carbocycles. The molecule has 3 nitrogen and oxygen atoms in total. The lowest BCUT2D eigenvalue weighted by Gasteiger charge is -2.24. The summed E-state index contributed by atoms with van der Waals surface area (Å²) >= 11 is 6.08. The number of carbonyl (C=O) groups is 1. The van der Waals surface area contributed by atoms with Crippen LogP contribution in [0.25, 0.3) is 0 Å². The molecular weight excluding hydrogens is 250 g/mol. The average Bonchev–Trinajstić information content (AvgIpc) is 2.37. The molecule has 1 aromatic carbocycles. The van der Waals surface area contributed by atoms with Crippen molar-refractivity contribution in [3.63, 3.8) is 0 Å². The van der Waals surface area contributed by atoms with Gasteiger partial charge >= 0.3 is 5.97 Å². The molecule has 0 amide bonds. The van der Waals surface area contributed by atoms with Crippen molar-refractivity contribution in [3.05, 3.63) is 29.3 Å². The van der Waals surface area contributed by atoms with E-state index in [1.165, 1.54) is 7.11 Å². The Balaban J connectivity index is 2.85. The van der Waals surface area contributed by atoms with Crippen molar-refractivity contribution in [2.24, 2.45) is 5.92 Å². The van der Waals surface area contributed by atoms with Gasteiger partial charge in [0.25, 0.3) is 0 Å². The van der Waals surface area contributed by atoms with Crippen LogP contribution < -0.4 is 5.32 Å². The van der Waals surface area contributed by atoms with Crippen LogP contribution in [-0.4, -0.2) is 19.1 Å². The first kappa shape index (κ1) is 14.8. The molecular formula is C14H20ClNO2. The van der Waals surface area contributed by atoms with Crippen LogP contribution in [0.5, 0.6) is 0 Å². The molecule has 0 aromatic heterocycles. The first-order chi connectivity index (χ1) is 8.60. The summed E-state index contributed by atoms with van der Waals surface area (Å²) in [5, 5.41) is 3.78. The molecule has 0 radical (unpaired) electrons. The second-order valence-corrected chi connectivity index (χ2v) is 4.80. The molecule has 2 unspecified atom stereocenters. The minimum atomic E-state index is -0.366. The topological polar surface area (TPSA) is 38.3 Å². The maximum Gasteiger partial charge on any atom is 0.328 e. The van der Waals surface area contributed by atoms with Gasteiger partial charge in [-0.3, -0.25) is 0 Å². The third-order valence-corrected chi connectivity index (χ3v) is 3.28. The van der Waals surface area contributed by atoms with Gasteiger partial charge in [-0.05, 0) is 24.5 Å². The molecule has 1 rings (SSSR count). The van der Waals surface area contributed by atoms with Crippen molar-refractivity contribution < 1.29 is 9.53 Å². The largest absolute Gasteiger partial charge is 0.467 e. The second kappa shape index (κ2) is 7.27. The van der Waals surface area contributed by atoms with Crippen molar-refractivity contribution in [3.8, 4) is 0 Å². The van der Waals surface area contributed by atoms with E-state index in [2.05, 4.69) is 12.2 Å². The molecule has 1 N–H and O–H groups in total. The van der Waals surface area contributed by atoms with Gasteiger partial charge in [0, 0.05) is 0 Å². The normalized spacial score (nSPS) is 13.8. The Labute approximate surface area is 113 Å². The number of hydrogen-bond donors (Lipinski definition) is 1. The van der Waals surface area contributed by atoms with Gasteiger partial charge in [-0.15, -0.1) is 0 Å². The second-order valence-electron chi connectivity index (χ2n) is 4.39. The van der Waals surface area contributed by atoms with E-state index in [0.29, 0.717) is 5.02 Å². The summed E-state index contributed by atoms with van der Waals surface area (Å²) in [6.45, 7) is 4.13. The molecule has 0 bridgehead atoms. The van der Waals surface area contributed by atoms with Gasteiger partial charge in [-0.25, -0.2) is 4.79 Å².